The van der Waals surface area contributed by atoms with Crippen molar-refractivity contribution in [1.82, 2.24) is 0 Å². The van der Waals surface area contributed by atoms with E-state index in [-0.39, 0.29) is 18.1 Å². The molecule has 1 atom stereocenters. The van der Waals surface area contributed by atoms with Crippen LogP contribution < -0.4 is 19.7 Å². The SMILES string of the molecule is Cc1ccc(OCCN2C(=O)C(C)Oc3ccc(NC(=O)c4ccccc4F)cc32)cc1. The van der Waals surface area contributed by atoms with Crippen molar-refractivity contribution in [3.05, 3.63) is 83.7 Å². The van der Waals surface area contributed by atoms with Gasteiger partial charge >= 0.3 is 0 Å². The fraction of sp³-hybridized carbons (Fsp3) is 0.200. The summed E-state index contributed by atoms with van der Waals surface area (Å²) in [6.07, 6.45) is -0.638. The summed E-state index contributed by atoms with van der Waals surface area (Å²) in [5.41, 5.74) is 2.02. The molecule has 3 aromatic rings. The fourth-order valence-electron chi connectivity index (χ4n) is 3.45. The van der Waals surface area contributed by atoms with Gasteiger partial charge in [0.15, 0.2) is 6.10 Å². The Morgan fingerprint density at radius 2 is 1.88 bits per heavy atom. The van der Waals surface area contributed by atoms with E-state index in [2.05, 4.69) is 5.32 Å². The van der Waals surface area contributed by atoms with Gasteiger partial charge in [-0.15, -0.1) is 0 Å². The number of fused-ring (bicyclic) bond motifs is 1. The summed E-state index contributed by atoms with van der Waals surface area (Å²) in [4.78, 5) is 26.8. The molecule has 6 nitrogen and oxygen atoms in total. The number of carbonyl (C=O) groups excluding carboxylic acids is 2. The third-order valence-electron chi connectivity index (χ3n) is 5.15. The van der Waals surface area contributed by atoms with Crippen LogP contribution in [-0.4, -0.2) is 31.1 Å². The Balaban J connectivity index is 1.51. The van der Waals surface area contributed by atoms with E-state index in [9.17, 15) is 14.0 Å². The normalized spacial score (nSPS) is 15.0. The molecule has 0 aliphatic carbocycles. The number of carbonyl (C=O) groups is 2. The third-order valence-corrected chi connectivity index (χ3v) is 5.15. The summed E-state index contributed by atoms with van der Waals surface area (Å²) in [6.45, 7) is 4.27. The fourth-order valence-corrected chi connectivity index (χ4v) is 3.45. The van der Waals surface area contributed by atoms with Gasteiger partial charge in [0.1, 0.15) is 23.9 Å². The summed E-state index contributed by atoms with van der Waals surface area (Å²) >= 11 is 0. The first kappa shape index (κ1) is 21.4. The van der Waals surface area contributed by atoms with Crippen LogP contribution in [0.2, 0.25) is 0 Å². The average Bonchev–Trinajstić information content (AvgIpc) is 2.78. The van der Waals surface area contributed by atoms with E-state index >= 15 is 0 Å². The Hall–Kier alpha value is -3.87. The number of hydrogen-bond acceptors (Lipinski definition) is 4. The molecule has 1 aliphatic heterocycles. The predicted molar refractivity (Wildman–Crippen MR) is 120 cm³/mol. The number of aryl methyl sites for hydroxylation is 1. The lowest BCUT2D eigenvalue weighted by atomic mass is 10.1. The number of hydrogen-bond donors (Lipinski definition) is 1. The lowest BCUT2D eigenvalue weighted by molar-refractivity contribution is -0.125. The minimum Gasteiger partial charge on any atom is -0.492 e. The molecule has 0 radical (unpaired) electrons. The number of nitrogens with one attached hydrogen (secondary N) is 1. The van der Waals surface area contributed by atoms with Crippen molar-refractivity contribution in [3.8, 4) is 11.5 Å². The van der Waals surface area contributed by atoms with Gasteiger partial charge in [-0.1, -0.05) is 29.8 Å². The monoisotopic (exact) mass is 434 g/mol. The predicted octanol–water partition coefficient (Wildman–Crippen LogP) is 4.58. The lowest BCUT2D eigenvalue weighted by Gasteiger charge is -2.33. The number of amides is 2. The Labute approximate surface area is 185 Å². The molecule has 1 heterocycles. The highest BCUT2D eigenvalue weighted by molar-refractivity contribution is 6.05. The van der Waals surface area contributed by atoms with Gasteiger partial charge in [-0.05, 0) is 56.3 Å². The molecule has 4 rings (SSSR count). The molecule has 1 aliphatic rings. The van der Waals surface area contributed by atoms with Gasteiger partial charge in [0.05, 0.1) is 17.8 Å². The maximum Gasteiger partial charge on any atom is 0.267 e. The molecule has 2 amide bonds. The van der Waals surface area contributed by atoms with E-state index in [1.54, 1.807) is 36.1 Å². The molecule has 0 saturated carbocycles. The van der Waals surface area contributed by atoms with Gasteiger partial charge in [0.25, 0.3) is 11.8 Å². The average molecular weight is 434 g/mol. The maximum absolute atomic E-state index is 13.9. The summed E-state index contributed by atoms with van der Waals surface area (Å²) in [5.74, 6) is -0.145. The quantitative estimate of drug-likeness (QED) is 0.617. The Kier molecular flexibility index (Phi) is 6.07. The molecule has 32 heavy (non-hydrogen) atoms. The smallest absolute Gasteiger partial charge is 0.267 e. The second-order valence-corrected chi connectivity index (χ2v) is 7.53. The second kappa shape index (κ2) is 9.09. The second-order valence-electron chi connectivity index (χ2n) is 7.53. The molecule has 0 spiro atoms. The first-order chi connectivity index (χ1) is 15.4. The molecule has 1 unspecified atom stereocenters. The number of ether oxygens (including phenoxy) is 2. The highest BCUT2D eigenvalue weighted by atomic mass is 19.1. The van der Waals surface area contributed by atoms with Crippen molar-refractivity contribution in [1.29, 1.82) is 0 Å². The van der Waals surface area contributed by atoms with E-state index in [1.165, 1.54) is 18.2 Å². The van der Waals surface area contributed by atoms with Gasteiger partial charge < -0.3 is 19.7 Å². The van der Waals surface area contributed by atoms with Gasteiger partial charge in [0, 0.05) is 5.69 Å². The van der Waals surface area contributed by atoms with Crippen molar-refractivity contribution < 1.29 is 23.5 Å². The minimum absolute atomic E-state index is 0.0606. The Morgan fingerprint density at radius 3 is 2.62 bits per heavy atom. The molecule has 0 saturated heterocycles. The highest BCUT2D eigenvalue weighted by Crippen LogP contribution is 2.36. The topological polar surface area (TPSA) is 67.9 Å². The van der Waals surface area contributed by atoms with Crippen LogP contribution in [0.5, 0.6) is 11.5 Å². The summed E-state index contributed by atoms with van der Waals surface area (Å²) in [5, 5.41) is 2.68. The lowest BCUT2D eigenvalue weighted by Crippen LogP contribution is -2.46. The molecule has 3 aromatic carbocycles. The molecular weight excluding hydrogens is 411 g/mol. The van der Waals surface area contributed by atoms with Crippen molar-refractivity contribution >= 4 is 23.2 Å². The standard InChI is InChI=1S/C25H23FN2O4/c1-16-7-10-19(11-8-16)31-14-13-28-22-15-18(9-12-23(22)32-17(2)25(28)30)27-24(29)20-5-3-4-6-21(20)26/h3-12,15,17H,13-14H2,1-2H3,(H,27,29). The van der Waals surface area contributed by atoms with Gasteiger partial charge in [-0.3, -0.25) is 9.59 Å². The van der Waals surface area contributed by atoms with E-state index < -0.39 is 17.8 Å². The van der Waals surface area contributed by atoms with Crippen molar-refractivity contribution in [2.75, 3.05) is 23.4 Å². The number of anilines is 2. The summed E-state index contributed by atoms with van der Waals surface area (Å²) in [6, 6.07) is 18.4. The van der Waals surface area contributed by atoms with Crippen LogP contribution in [0, 0.1) is 12.7 Å². The van der Waals surface area contributed by atoms with Crippen LogP contribution in [0.15, 0.2) is 66.7 Å². The van der Waals surface area contributed by atoms with Crippen molar-refractivity contribution in [3.63, 3.8) is 0 Å². The van der Waals surface area contributed by atoms with E-state index in [1.807, 2.05) is 31.2 Å². The van der Waals surface area contributed by atoms with Gasteiger partial charge in [-0.25, -0.2) is 4.39 Å². The Bertz CT molecular complexity index is 1150. The van der Waals surface area contributed by atoms with Crippen LogP contribution in [-0.2, 0) is 4.79 Å². The van der Waals surface area contributed by atoms with Crippen LogP contribution in [0.25, 0.3) is 0 Å². The summed E-state index contributed by atoms with van der Waals surface area (Å²) < 4.78 is 25.4. The zero-order chi connectivity index (χ0) is 22.7. The molecule has 1 N–H and O–H groups in total. The van der Waals surface area contributed by atoms with Gasteiger partial charge in [0.2, 0.25) is 0 Å². The minimum atomic E-state index is -0.638. The molecule has 7 heteroatoms. The summed E-state index contributed by atoms with van der Waals surface area (Å²) in [7, 11) is 0. The molecule has 0 aromatic heterocycles. The largest absolute Gasteiger partial charge is 0.492 e. The van der Waals surface area contributed by atoms with Crippen LogP contribution in [0.1, 0.15) is 22.8 Å². The zero-order valence-electron chi connectivity index (χ0n) is 17.8. The van der Waals surface area contributed by atoms with E-state index in [0.29, 0.717) is 23.7 Å². The zero-order valence-corrected chi connectivity index (χ0v) is 17.8. The number of rotatable bonds is 6. The first-order valence-electron chi connectivity index (χ1n) is 10.3. The highest BCUT2D eigenvalue weighted by Gasteiger charge is 2.31. The van der Waals surface area contributed by atoms with Crippen molar-refractivity contribution in [2.24, 2.45) is 0 Å². The van der Waals surface area contributed by atoms with Crippen LogP contribution in [0.4, 0.5) is 15.8 Å². The third kappa shape index (κ3) is 4.56. The van der Waals surface area contributed by atoms with Crippen LogP contribution >= 0.6 is 0 Å². The first-order valence-corrected chi connectivity index (χ1v) is 10.3. The molecular formula is C25H23FN2O4. The van der Waals surface area contributed by atoms with E-state index in [0.717, 1.165) is 11.3 Å². The maximum atomic E-state index is 13.9. The number of nitrogens with zero attached hydrogens (tertiary/aromatic N) is 1. The number of halogens is 1. The molecule has 164 valence electrons. The van der Waals surface area contributed by atoms with Gasteiger partial charge in [-0.2, -0.15) is 0 Å². The van der Waals surface area contributed by atoms with E-state index in [4.69, 9.17) is 9.47 Å². The van der Waals surface area contributed by atoms with Crippen LogP contribution in [0.3, 0.4) is 0 Å². The number of benzene rings is 3. The molecule has 0 bridgehead atoms. The molecule has 0 fully saturated rings. The Morgan fingerprint density at radius 1 is 1.12 bits per heavy atom. The van der Waals surface area contributed by atoms with Crippen molar-refractivity contribution in [2.45, 2.75) is 20.0 Å².